The first-order valence-corrected chi connectivity index (χ1v) is 3.99. The van der Waals surface area contributed by atoms with Gasteiger partial charge in [0.25, 0.3) is 0 Å². The second kappa shape index (κ2) is 3.53. The summed E-state index contributed by atoms with van der Waals surface area (Å²) in [5.74, 6) is -0.347. The smallest absolute Gasteiger partial charge is 0.321 e. The van der Waals surface area contributed by atoms with Crippen molar-refractivity contribution in [3.05, 3.63) is 0 Å². The lowest BCUT2D eigenvalue weighted by Gasteiger charge is -2.17. The van der Waals surface area contributed by atoms with Crippen LogP contribution in [0.2, 0.25) is 0 Å². The lowest BCUT2D eigenvalue weighted by molar-refractivity contribution is -0.129. The number of urea groups is 1. The summed E-state index contributed by atoms with van der Waals surface area (Å²) < 4.78 is 0. The van der Waals surface area contributed by atoms with Gasteiger partial charge in [-0.2, -0.15) is 0 Å². The van der Waals surface area contributed by atoms with E-state index in [4.69, 9.17) is 11.5 Å². The van der Waals surface area contributed by atoms with Crippen LogP contribution in [0.4, 0.5) is 4.79 Å². The number of likely N-dealkylation sites (tertiary alicyclic amines) is 1. The number of nitrogens with two attached hydrogens (primary N) is 2. The fourth-order valence-electron chi connectivity index (χ4n) is 1.29. The summed E-state index contributed by atoms with van der Waals surface area (Å²) in [4.78, 5) is 23.0. The first-order chi connectivity index (χ1) is 5.63. The molecule has 12 heavy (non-hydrogen) atoms. The standard InChI is InChI=1S/C7H13N3O2/c8-5-3-1-2-4-10(6(5)11)7(9)12/h5H,1-4,8H2,(H2,9,12). The Balaban J connectivity index is 2.71. The molecule has 1 unspecified atom stereocenters. The van der Waals surface area contributed by atoms with Gasteiger partial charge in [0, 0.05) is 6.54 Å². The van der Waals surface area contributed by atoms with Crippen molar-refractivity contribution in [3.8, 4) is 0 Å². The monoisotopic (exact) mass is 171 g/mol. The molecular formula is C7H13N3O2. The number of primary amides is 1. The highest BCUT2D eigenvalue weighted by molar-refractivity contribution is 5.96. The minimum absolute atomic E-state index is 0.347. The van der Waals surface area contributed by atoms with Crippen molar-refractivity contribution in [1.29, 1.82) is 0 Å². The lowest BCUT2D eigenvalue weighted by Crippen LogP contribution is -2.47. The Bertz CT molecular complexity index is 205. The minimum atomic E-state index is -0.697. The molecule has 0 aromatic heterocycles. The molecule has 4 N–H and O–H groups in total. The fraction of sp³-hybridized carbons (Fsp3) is 0.714. The van der Waals surface area contributed by atoms with Gasteiger partial charge in [0.15, 0.2) is 0 Å². The maximum Gasteiger partial charge on any atom is 0.321 e. The number of rotatable bonds is 0. The first-order valence-electron chi connectivity index (χ1n) is 3.99. The van der Waals surface area contributed by atoms with Crippen LogP contribution in [0.3, 0.4) is 0 Å². The molecular weight excluding hydrogens is 158 g/mol. The van der Waals surface area contributed by atoms with Gasteiger partial charge in [0.05, 0.1) is 6.04 Å². The third kappa shape index (κ3) is 1.73. The van der Waals surface area contributed by atoms with Gasteiger partial charge < -0.3 is 11.5 Å². The number of hydrogen-bond acceptors (Lipinski definition) is 3. The zero-order valence-corrected chi connectivity index (χ0v) is 6.82. The van der Waals surface area contributed by atoms with E-state index in [9.17, 15) is 9.59 Å². The molecule has 5 nitrogen and oxygen atoms in total. The topological polar surface area (TPSA) is 89.4 Å². The summed E-state index contributed by atoms with van der Waals surface area (Å²) >= 11 is 0. The molecule has 0 spiro atoms. The molecule has 1 saturated heterocycles. The van der Waals surface area contributed by atoms with Crippen molar-refractivity contribution in [2.24, 2.45) is 11.5 Å². The third-order valence-electron chi connectivity index (χ3n) is 2.00. The van der Waals surface area contributed by atoms with Gasteiger partial charge in [0.2, 0.25) is 5.91 Å². The van der Waals surface area contributed by atoms with E-state index in [1.165, 1.54) is 0 Å². The molecule has 0 aliphatic carbocycles. The van der Waals surface area contributed by atoms with E-state index < -0.39 is 12.1 Å². The van der Waals surface area contributed by atoms with Gasteiger partial charge in [-0.05, 0) is 19.3 Å². The van der Waals surface area contributed by atoms with Gasteiger partial charge in [-0.15, -0.1) is 0 Å². The molecule has 1 aliphatic rings. The quantitative estimate of drug-likeness (QED) is 0.510. The van der Waals surface area contributed by atoms with Crippen LogP contribution in [0.15, 0.2) is 0 Å². The van der Waals surface area contributed by atoms with Crippen LogP contribution in [0.1, 0.15) is 19.3 Å². The molecule has 1 atom stereocenters. The first kappa shape index (κ1) is 8.99. The van der Waals surface area contributed by atoms with E-state index in [0.717, 1.165) is 17.7 Å². The predicted octanol–water partition coefficient (Wildman–Crippen LogP) is -0.595. The van der Waals surface area contributed by atoms with Crippen LogP contribution < -0.4 is 11.5 Å². The Morgan fingerprint density at radius 2 is 2.17 bits per heavy atom. The van der Waals surface area contributed by atoms with Crippen LogP contribution in [0, 0.1) is 0 Å². The van der Waals surface area contributed by atoms with Crippen molar-refractivity contribution >= 4 is 11.9 Å². The van der Waals surface area contributed by atoms with Crippen molar-refractivity contribution in [2.75, 3.05) is 6.54 Å². The van der Waals surface area contributed by atoms with Crippen molar-refractivity contribution in [2.45, 2.75) is 25.3 Å². The van der Waals surface area contributed by atoms with Crippen LogP contribution in [0.25, 0.3) is 0 Å². The second-order valence-corrected chi connectivity index (χ2v) is 2.93. The average Bonchev–Trinajstić information content (AvgIpc) is 2.15. The number of hydrogen-bond donors (Lipinski definition) is 2. The van der Waals surface area contributed by atoms with Crippen molar-refractivity contribution in [3.63, 3.8) is 0 Å². The Morgan fingerprint density at radius 1 is 1.50 bits per heavy atom. The van der Waals surface area contributed by atoms with Crippen molar-refractivity contribution in [1.82, 2.24) is 4.90 Å². The lowest BCUT2D eigenvalue weighted by atomic mass is 10.1. The normalized spacial score (nSPS) is 25.2. The van der Waals surface area contributed by atoms with Crippen LogP contribution in [-0.2, 0) is 4.79 Å². The number of imide groups is 1. The molecule has 1 fully saturated rings. The summed E-state index contributed by atoms with van der Waals surface area (Å²) in [5.41, 5.74) is 10.5. The van der Waals surface area contributed by atoms with Crippen molar-refractivity contribution < 1.29 is 9.59 Å². The Hall–Kier alpha value is -1.10. The highest BCUT2D eigenvalue weighted by Gasteiger charge is 2.26. The van der Waals surface area contributed by atoms with E-state index in [1.807, 2.05) is 0 Å². The summed E-state index contributed by atoms with van der Waals surface area (Å²) in [6.07, 6.45) is 2.31. The number of amides is 3. The molecule has 5 heteroatoms. The van der Waals surface area contributed by atoms with E-state index >= 15 is 0 Å². The highest BCUT2D eigenvalue weighted by Crippen LogP contribution is 2.09. The third-order valence-corrected chi connectivity index (χ3v) is 2.00. The Morgan fingerprint density at radius 3 is 2.75 bits per heavy atom. The van der Waals surface area contributed by atoms with Gasteiger partial charge >= 0.3 is 6.03 Å². The molecule has 0 radical (unpaired) electrons. The number of nitrogens with zero attached hydrogens (tertiary/aromatic N) is 1. The number of carbonyl (C=O) groups excluding carboxylic acids is 2. The zero-order chi connectivity index (χ0) is 9.14. The largest absolute Gasteiger partial charge is 0.351 e. The maximum atomic E-state index is 11.3. The Kier molecular flexibility index (Phi) is 2.65. The van der Waals surface area contributed by atoms with Crippen LogP contribution >= 0.6 is 0 Å². The predicted molar refractivity (Wildman–Crippen MR) is 43.1 cm³/mol. The molecule has 68 valence electrons. The van der Waals surface area contributed by atoms with E-state index in [1.54, 1.807) is 0 Å². The molecule has 1 aliphatic heterocycles. The average molecular weight is 171 g/mol. The molecule has 3 amide bonds. The summed E-state index contributed by atoms with van der Waals surface area (Å²) in [6, 6.07) is -1.25. The SMILES string of the molecule is NC(=O)N1CCCCC(N)C1=O. The molecule has 1 rings (SSSR count). The Labute approximate surface area is 70.7 Å². The molecule has 0 saturated carbocycles. The molecule has 1 heterocycles. The highest BCUT2D eigenvalue weighted by atomic mass is 16.2. The zero-order valence-electron chi connectivity index (χ0n) is 6.82. The molecule has 0 aromatic rings. The van der Waals surface area contributed by atoms with Crippen LogP contribution in [-0.4, -0.2) is 29.4 Å². The van der Waals surface area contributed by atoms with Gasteiger partial charge in [-0.3, -0.25) is 9.69 Å². The number of carbonyl (C=O) groups is 2. The fourth-order valence-corrected chi connectivity index (χ4v) is 1.29. The summed E-state index contributed by atoms with van der Waals surface area (Å²) in [7, 11) is 0. The van der Waals surface area contributed by atoms with E-state index in [2.05, 4.69) is 0 Å². The van der Waals surface area contributed by atoms with E-state index in [0.29, 0.717) is 13.0 Å². The molecule has 0 bridgehead atoms. The van der Waals surface area contributed by atoms with Crippen LogP contribution in [0.5, 0.6) is 0 Å². The van der Waals surface area contributed by atoms with Gasteiger partial charge in [-0.25, -0.2) is 4.79 Å². The summed E-state index contributed by atoms with van der Waals surface area (Å²) in [6.45, 7) is 0.405. The maximum absolute atomic E-state index is 11.3. The van der Waals surface area contributed by atoms with Gasteiger partial charge in [0.1, 0.15) is 0 Å². The second-order valence-electron chi connectivity index (χ2n) is 2.93. The summed E-state index contributed by atoms with van der Waals surface area (Å²) in [5, 5.41) is 0. The van der Waals surface area contributed by atoms with E-state index in [-0.39, 0.29) is 5.91 Å². The minimum Gasteiger partial charge on any atom is -0.351 e. The van der Waals surface area contributed by atoms with Gasteiger partial charge in [-0.1, -0.05) is 0 Å². The molecule has 0 aromatic carbocycles.